The third kappa shape index (κ3) is 3.46. The van der Waals surface area contributed by atoms with E-state index in [9.17, 15) is 0 Å². The van der Waals surface area contributed by atoms with E-state index in [2.05, 4.69) is 23.1 Å². The molecule has 0 radical (unpaired) electrons. The van der Waals surface area contributed by atoms with Crippen molar-refractivity contribution in [2.45, 2.75) is 51.7 Å². The summed E-state index contributed by atoms with van der Waals surface area (Å²) in [7, 11) is 0. The van der Waals surface area contributed by atoms with Crippen molar-refractivity contribution in [1.29, 1.82) is 0 Å². The van der Waals surface area contributed by atoms with Crippen molar-refractivity contribution in [1.82, 2.24) is 14.7 Å². The van der Waals surface area contributed by atoms with Crippen molar-refractivity contribution in [2.24, 2.45) is 0 Å². The second-order valence-electron chi connectivity index (χ2n) is 4.80. The molecular formula is C13H22ClN3. The maximum atomic E-state index is 5.80. The molecule has 2 rings (SSSR count). The van der Waals surface area contributed by atoms with Crippen molar-refractivity contribution >= 4 is 11.6 Å². The van der Waals surface area contributed by atoms with E-state index in [1.807, 2.05) is 10.9 Å². The lowest BCUT2D eigenvalue weighted by atomic mass is 9.91. The van der Waals surface area contributed by atoms with Gasteiger partial charge < -0.3 is 0 Å². The Morgan fingerprint density at radius 3 is 2.88 bits per heavy atom. The molecule has 1 aromatic heterocycles. The van der Waals surface area contributed by atoms with Crippen LogP contribution in [0.2, 0.25) is 0 Å². The van der Waals surface area contributed by atoms with E-state index in [-0.39, 0.29) is 0 Å². The summed E-state index contributed by atoms with van der Waals surface area (Å²) in [6.07, 6.45) is 9.33. The van der Waals surface area contributed by atoms with Gasteiger partial charge in [-0.25, -0.2) is 0 Å². The fourth-order valence-electron chi connectivity index (χ4n) is 2.30. The van der Waals surface area contributed by atoms with E-state index in [0.29, 0.717) is 0 Å². The molecule has 0 spiro atoms. The first kappa shape index (κ1) is 12.9. The molecule has 4 heteroatoms. The molecule has 0 unspecified atom stereocenters. The van der Waals surface area contributed by atoms with Crippen LogP contribution in [0.25, 0.3) is 0 Å². The molecule has 1 fully saturated rings. The molecule has 0 amide bonds. The molecule has 96 valence electrons. The van der Waals surface area contributed by atoms with Crippen molar-refractivity contribution in [2.75, 3.05) is 12.4 Å². The Bertz CT molecular complexity index is 333. The van der Waals surface area contributed by atoms with Crippen LogP contribution in [0, 0.1) is 0 Å². The smallest absolute Gasteiger partial charge is 0.0534 e. The molecular weight excluding hydrogens is 234 g/mol. The molecule has 0 N–H and O–H groups in total. The van der Waals surface area contributed by atoms with Gasteiger partial charge in [-0.3, -0.25) is 9.58 Å². The van der Waals surface area contributed by atoms with E-state index < -0.39 is 0 Å². The Balaban J connectivity index is 1.90. The summed E-state index contributed by atoms with van der Waals surface area (Å²) in [6, 6.07) is 0.781. The minimum Gasteiger partial charge on any atom is -0.296 e. The third-order valence-corrected chi connectivity index (χ3v) is 3.83. The maximum absolute atomic E-state index is 5.80. The van der Waals surface area contributed by atoms with Crippen molar-refractivity contribution in [3.63, 3.8) is 0 Å². The van der Waals surface area contributed by atoms with E-state index in [0.717, 1.165) is 38.0 Å². The first-order chi connectivity index (χ1) is 8.33. The summed E-state index contributed by atoms with van der Waals surface area (Å²) >= 11 is 5.80. The SMILES string of the molecule is CCn1cc(CN(CCCCl)C2CCC2)cn1. The Morgan fingerprint density at radius 1 is 1.53 bits per heavy atom. The van der Waals surface area contributed by atoms with Crippen LogP contribution in [0.1, 0.15) is 38.2 Å². The van der Waals surface area contributed by atoms with Crippen LogP contribution in [0.3, 0.4) is 0 Å². The van der Waals surface area contributed by atoms with E-state index in [1.165, 1.54) is 24.8 Å². The van der Waals surface area contributed by atoms with E-state index in [1.54, 1.807) is 0 Å². The highest BCUT2D eigenvalue weighted by atomic mass is 35.5. The van der Waals surface area contributed by atoms with Crippen molar-refractivity contribution < 1.29 is 0 Å². The van der Waals surface area contributed by atoms with Gasteiger partial charge in [0.1, 0.15) is 0 Å². The fourth-order valence-corrected chi connectivity index (χ4v) is 2.42. The molecule has 0 saturated heterocycles. The Hall–Kier alpha value is -0.540. The number of alkyl halides is 1. The van der Waals surface area contributed by atoms with E-state index in [4.69, 9.17) is 11.6 Å². The monoisotopic (exact) mass is 255 g/mol. The Labute approximate surface area is 109 Å². The minimum absolute atomic E-state index is 0.761. The van der Waals surface area contributed by atoms with Crippen LogP contribution < -0.4 is 0 Å². The van der Waals surface area contributed by atoms with Crippen LogP contribution in [0.15, 0.2) is 12.4 Å². The highest BCUT2D eigenvalue weighted by Crippen LogP contribution is 2.26. The van der Waals surface area contributed by atoms with Crippen molar-refractivity contribution in [3.05, 3.63) is 18.0 Å². The Morgan fingerprint density at radius 2 is 2.35 bits per heavy atom. The summed E-state index contributed by atoms with van der Waals surface area (Å²) in [4.78, 5) is 2.57. The molecule has 0 aromatic carbocycles. The van der Waals surface area contributed by atoms with Gasteiger partial charge in [-0.05, 0) is 32.7 Å². The first-order valence-electron chi connectivity index (χ1n) is 6.65. The number of hydrogen-bond acceptors (Lipinski definition) is 2. The lowest BCUT2D eigenvalue weighted by Crippen LogP contribution is -2.40. The maximum Gasteiger partial charge on any atom is 0.0534 e. The molecule has 0 atom stereocenters. The summed E-state index contributed by atoms with van der Waals surface area (Å²) in [5.41, 5.74) is 1.33. The largest absolute Gasteiger partial charge is 0.296 e. The van der Waals surface area contributed by atoms with Crippen LogP contribution in [0.4, 0.5) is 0 Å². The van der Waals surface area contributed by atoms with Gasteiger partial charge in [0.15, 0.2) is 0 Å². The van der Waals surface area contributed by atoms with Gasteiger partial charge in [0.05, 0.1) is 6.20 Å². The summed E-state index contributed by atoms with van der Waals surface area (Å²) in [5, 5.41) is 4.34. The van der Waals surface area contributed by atoms with Gasteiger partial charge in [0.25, 0.3) is 0 Å². The van der Waals surface area contributed by atoms with Crippen LogP contribution in [-0.2, 0) is 13.1 Å². The molecule has 1 aliphatic carbocycles. The molecule has 0 aliphatic heterocycles. The van der Waals surface area contributed by atoms with Crippen LogP contribution in [0.5, 0.6) is 0 Å². The standard InChI is InChI=1S/C13H22ClN3/c1-2-17-11-12(9-15-17)10-16(8-4-7-14)13-5-3-6-13/h9,11,13H,2-8,10H2,1H3. The fraction of sp³-hybridized carbons (Fsp3) is 0.769. The van der Waals surface area contributed by atoms with Gasteiger partial charge in [0.2, 0.25) is 0 Å². The van der Waals surface area contributed by atoms with E-state index >= 15 is 0 Å². The average molecular weight is 256 g/mol. The molecule has 1 aromatic rings. The van der Waals surface area contributed by atoms with Crippen LogP contribution in [-0.4, -0.2) is 33.1 Å². The highest BCUT2D eigenvalue weighted by molar-refractivity contribution is 6.17. The Kier molecular flexibility index (Phi) is 4.86. The zero-order valence-electron chi connectivity index (χ0n) is 10.6. The van der Waals surface area contributed by atoms with Gasteiger partial charge in [0, 0.05) is 36.8 Å². The number of rotatable bonds is 7. The zero-order valence-corrected chi connectivity index (χ0v) is 11.4. The zero-order chi connectivity index (χ0) is 12.1. The topological polar surface area (TPSA) is 21.1 Å². The normalized spacial score (nSPS) is 16.4. The lowest BCUT2D eigenvalue weighted by molar-refractivity contribution is 0.120. The number of aromatic nitrogens is 2. The van der Waals surface area contributed by atoms with Crippen LogP contribution >= 0.6 is 11.6 Å². The lowest BCUT2D eigenvalue weighted by Gasteiger charge is -2.37. The number of nitrogens with zero attached hydrogens (tertiary/aromatic N) is 3. The summed E-state index contributed by atoms with van der Waals surface area (Å²) in [6.45, 7) is 5.21. The number of aryl methyl sites for hydroxylation is 1. The second kappa shape index (κ2) is 6.41. The average Bonchev–Trinajstić information content (AvgIpc) is 2.71. The molecule has 3 nitrogen and oxygen atoms in total. The van der Waals surface area contributed by atoms with Gasteiger partial charge in [-0.15, -0.1) is 11.6 Å². The first-order valence-corrected chi connectivity index (χ1v) is 7.18. The predicted molar refractivity (Wildman–Crippen MR) is 71.3 cm³/mol. The van der Waals surface area contributed by atoms with Gasteiger partial charge in [-0.2, -0.15) is 5.10 Å². The predicted octanol–water partition coefficient (Wildman–Crippen LogP) is 2.89. The molecule has 1 heterocycles. The minimum atomic E-state index is 0.761. The molecule has 1 saturated carbocycles. The highest BCUT2D eigenvalue weighted by Gasteiger charge is 2.24. The third-order valence-electron chi connectivity index (χ3n) is 3.57. The number of hydrogen-bond donors (Lipinski definition) is 0. The quantitative estimate of drug-likeness (QED) is 0.699. The summed E-state index contributed by atoms with van der Waals surface area (Å²) < 4.78 is 2.00. The summed E-state index contributed by atoms with van der Waals surface area (Å²) in [5.74, 6) is 0.761. The molecule has 17 heavy (non-hydrogen) atoms. The number of halogens is 1. The molecule has 1 aliphatic rings. The molecule has 0 bridgehead atoms. The van der Waals surface area contributed by atoms with Gasteiger partial charge >= 0.3 is 0 Å². The van der Waals surface area contributed by atoms with Gasteiger partial charge in [-0.1, -0.05) is 6.42 Å². The second-order valence-corrected chi connectivity index (χ2v) is 5.18. The van der Waals surface area contributed by atoms with Crippen molar-refractivity contribution in [3.8, 4) is 0 Å².